The maximum atomic E-state index is 10.5. The Labute approximate surface area is 85.9 Å². The fourth-order valence-corrected chi connectivity index (χ4v) is 1.17. The van der Waals surface area contributed by atoms with Crippen molar-refractivity contribution in [3.8, 4) is 0 Å². The molecule has 0 saturated carbocycles. The standard InChI is InChI=1S/C8H8BN3O3/c10-12-11-4-6-1-7(5-13)3-8(2-6)9(14)15/h1-3,5,14-15H,4H2. The summed E-state index contributed by atoms with van der Waals surface area (Å²) in [5.41, 5.74) is 9.18. The monoisotopic (exact) mass is 205 g/mol. The van der Waals surface area contributed by atoms with E-state index in [0.717, 1.165) is 0 Å². The normalized spacial score (nSPS) is 9.20. The molecule has 0 aromatic heterocycles. The van der Waals surface area contributed by atoms with Crippen molar-refractivity contribution in [3.05, 3.63) is 39.8 Å². The van der Waals surface area contributed by atoms with Crippen LogP contribution in [0.4, 0.5) is 0 Å². The van der Waals surface area contributed by atoms with E-state index in [9.17, 15) is 4.79 Å². The van der Waals surface area contributed by atoms with Gasteiger partial charge in [-0.3, -0.25) is 4.79 Å². The van der Waals surface area contributed by atoms with E-state index < -0.39 is 7.12 Å². The van der Waals surface area contributed by atoms with Crippen LogP contribution in [0, 0.1) is 0 Å². The van der Waals surface area contributed by atoms with E-state index in [-0.39, 0.29) is 12.0 Å². The summed E-state index contributed by atoms with van der Waals surface area (Å²) in [4.78, 5) is 13.1. The van der Waals surface area contributed by atoms with Gasteiger partial charge in [-0.05, 0) is 22.6 Å². The molecule has 7 heteroatoms. The Balaban J connectivity index is 3.10. The van der Waals surface area contributed by atoms with Crippen LogP contribution in [0.2, 0.25) is 0 Å². The zero-order valence-electron chi connectivity index (χ0n) is 7.74. The number of hydrogen-bond donors (Lipinski definition) is 2. The van der Waals surface area contributed by atoms with Gasteiger partial charge in [0.15, 0.2) is 0 Å². The fourth-order valence-electron chi connectivity index (χ4n) is 1.17. The average molecular weight is 205 g/mol. The van der Waals surface area contributed by atoms with E-state index in [1.54, 1.807) is 0 Å². The molecule has 0 fully saturated rings. The average Bonchev–Trinajstić information content (AvgIpc) is 2.25. The van der Waals surface area contributed by atoms with Crippen molar-refractivity contribution >= 4 is 18.9 Å². The molecular formula is C8H8BN3O3. The molecule has 2 N–H and O–H groups in total. The van der Waals surface area contributed by atoms with Crippen LogP contribution in [-0.2, 0) is 6.54 Å². The molecule has 0 radical (unpaired) electrons. The van der Waals surface area contributed by atoms with E-state index >= 15 is 0 Å². The number of azide groups is 1. The predicted molar refractivity (Wildman–Crippen MR) is 54.5 cm³/mol. The van der Waals surface area contributed by atoms with Crippen molar-refractivity contribution in [2.45, 2.75) is 6.54 Å². The molecule has 15 heavy (non-hydrogen) atoms. The molecule has 1 aromatic rings. The third-order valence-electron chi connectivity index (χ3n) is 1.79. The molecule has 6 nitrogen and oxygen atoms in total. The summed E-state index contributed by atoms with van der Waals surface area (Å²) < 4.78 is 0. The summed E-state index contributed by atoms with van der Waals surface area (Å²) in [6, 6.07) is 4.34. The Morgan fingerprint density at radius 1 is 1.47 bits per heavy atom. The Morgan fingerprint density at radius 3 is 2.73 bits per heavy atom. The van der Waals surface area contributed by atoms with Gasteiger partial charge >= 0.3 is 7.12 Å². The molecule has 0 atom stereocenters. The third-order valence-corrected chi connectivity index (χ3v) is 1.79. The Bertz CT molecular complexity index is 416. The molecule has 0 spiro atoms. The van der Waals surface area contributed by atoms with Gasteiger partial charge < -0.3 is 10.0 Å². The zero-order chi connectivity index (χ0) is 11.3. The maximum Gasteiger partial charge on any atom is 0.488 e. The van der Waals surface area contributed by atoms with E-state index in [0.29, 0.717) is 17.4 Å². The Hall–Kier alpha value is -1.82. The third kappa shape index (κ3) is 3.10. The van der Waals surface area contributed by atoms with Gasteiger partial charge in [0.25, 0.3) is 0 Å². The second kappa shape index (κ2) is 5.16. The van der Waals surface area contributed by atoms with Gasteiger partial charge in [0.2, 0.25) is 0 Å². The maximum absolute atomic E-state index is 10.5. The lowest BCUT2D eigenvalue weighted by Gasteiger charge is -2.03. The van der Waals surface area contributed by atoms with Crippen LogP contribution in [0.15, 0.2) is 23.3 Å². The summed E-state index contributed by atoms with van der Waals surface area (Å²) in [5, 5.41) is 21.2. The number of nitrogens with zero attached hydrogens (tertiary/aromatic N) is 3. The van der Waals surface area contributed by atoms with E-state index in [1.165, 1.54) is 18.2 Å². The minimum Gasteiger partial charge on any atom is -0.423 e. The van der Waals surface area contributed by atoms with Crippen LogP contribution < -0.4 is 5.46 Å². The Kier molecular flexibility index (Phi) is 3.87. The highest BCUT2D eigenvalue weighted by atomic mass is 16.4. The summed E-state index contributed by atoms with van der Waals surface area (Å²) in [6.45, 7) is 0.0674. The zero-order valence-corrected chi connectivity index (χ0v) is 7.74. The molecule has 0 amide bonds. The molecule has 76 valence electrons. The Morgan fingerprint density at radius 2 is 2.20 bits per heavy atom. The highest BCUT2D eigenvalue weighted by Gasteiger charge is 2.12. The molecule has 0 bridgehead atoms. The van der Waals surface area contributed by atoms with Crippen LogP contribution in [0.5, 0.6) is 0 Å². The first-order valence-electron chi connectivity index (χ1n) is 4.13. The van der Waals surface area contributed by atoms with Crippen LogP contribution in [-0.4, -0.2) is 23.5 Å². The van der Waals surface area contributed by atoms with Crippen LogP contribution in [0.25, 0.3) is 10.4 Å². The van der Waals surface area contributed by atoms with E-state index in [1.807, 2.05) is 0 Å². The van der Waals surface area contributed by atoms with Gasteiger partial charge in [0, 0.05) is 10.5 Å². The van der Waals surface area contributed by atoms with Gasteiger partial charge in [0.05, 0.1) is 6.54 Å². The van der Waals surface area contributed by atoms with Gasteiger partial charge in [-0.25, -0.2) is 0 Å². The summed E-state index contributed by atoms with van der Waals surface area (Å²) in [6.07, 6.45) is 0.589. The molecular weight excluding hydrogens is 197 g/mol. The minimum atomic E-state index is -1.64. The molecule has 1 aromatic carbocycles. The number of carbonyl (C=O) groups excluding carboxylic acids is 1. The molecule has 0 unspecified atom stereocenters. The van der Waals surface area contributed by atoms with E-state index in [4.69, 9.17) is 15.6 Å². The van der Waals surface area contributed by atoms with Crippen molar-refractivity contribution in [2.24, 2.45) is 5.11 Å². The van der Waals surface area contributed by atoms with Gasteiger partial charge in [-0.1, -0.05) is 17.2 Å². The molecule has 0 saturated heterocycles. The number of rotatable bonds is 4. The van der Waals surface area contributed by atoms with Crippen LogP contribution in [0.3, 0.4) is 0 Å². The SMILES string of the molecule is [N-]=[N+]=NCc1cc(C=O)cc(B(O)O)c1. The molecule has 1 rings (SSSR count). The highest BCUT2D eigenvalue weighted by molar-refractivity contribution is 6.58. The molecule has 0 heterocycles. The van der Waals surface area contributed by atoms with Crippen molar-refractivity contribution in [2.75, 3.05) is 0 Å². The second-order valence-corrected chi connectivity index (χ2v) is 2.89. The summed E-state index contributed by atoms with van der Waals surface area (Å²) in [7, 11) is -1.64. The minimum absolute atomic E-state index is 0.0674. The molecule has 0 aliphatic carbocycles. The van der Waals surface area contributed by atoms with Crippen LogP contribution >= 0.6 is 0 Å². The lowest BCUT2D eigenvalue weighted by Crippen LogP contribution is -2.30. The topological polar surface area (TPSA) is 106 Å². The highest BCUT2D eigenvalue weighted by Crippen LogP contribution is 2.04. The largest absolute Gasteiger partial charge is 0.488 e. The van der Waals surface area contributed by atoms with E-state index in [2.05, 4.69) is 10.0 Å². The number of hydrogen-bond acceptors (Lipinski definition) is 4. The number of benzene rings is 1. The van der Waals surface area contributed by atoms with Gasteiger partial charge in [-0.15, -0.1) is 0 Å². The fraction of sp³-hybridized carbons (Fsp3) is 0.125. The van der Waals surface area contributed by atoms with Crippen molar-refractivity contribution < 1.29 is 14.8 Å². The summed E-state index contributed by atoms with van der Waals surface area (Å²) >= 11 is 0. The van der Waals surface area contributed by atoms with Crippen LogP contribution in [0.1, 0.15) is 15.9 Å². The first kappa shape index (κ1) is 11.3. The quantitative estimate of drug-likeness (QED) is 0.237. The smallest absolute Gasteiger partial charge is 0.423 e. The van der Waals surface area contributed by atoms with Gasteiger partial charge in [0.1, 0.15) is 6.29 Å². The lowest BCUT2D eigenvalue weighted by atomic mass is 9.78. The van der Waals surface area contributed by atoms with Gasteiger partial charge in [-0.2, -0.15) is 0 Å². The van der Waals surface area contributed by atoms with Crippen molar-refractivity contribution in [1.29, 1.82) is 0 Å². The van der Waals surface area contributed by atoms with Crippen molar-refractivity contribution in [1.82, 2.24) is 0 Å². The predicted octanol–water partition coefficient (Wildman–Crippen LogP) is -0.0108. The summed E-state index contributed by atoms with van der Waals surface area (Å²) in [5.74, 6) is 0. The molecule has 0 aliphatic heterocycles. The number of aldehydes is 1. The lowest BCUT2D eigenvalue weighted by molar-refractivity contribution is 0.112. The first-order valence-corrected chi connectivity index (χ1v) is 4.13. The van der Waals surface area contributed by atoms with Crippen molar-refractivity contribution in [3.63, 3.8) is 0 Å². The second-order valence-electron chi connectivity index (χ2n) is 2.89. The first-order chi connectivity index (χ1) is 7.17. The number of carbonyl (C=O) groups is 1. The molecule has 0 aliphatic rings.